The maximum Gasteiger partial charge on any atom is 0.254 e. The number of ether oxygens (including phenoxy) is 1. The van der Waals surface area contributed by atoms with Crippen molar-refractivity contribution in [3.63, 3.8) is 0 Å². The Balaban J connectivity index is 1.52. The van der Waals surface area contributed by atoms with Crippen LogP contribution in [0.4, 0.5) is 0 Å². The van der Waals surface area contributed by atoms with Gasteiger partial charge in [0, 0.05) is 50.2 Å². The van der Waals surface area contributed by atoms with Crippen LogP contribution in [0, 0.1) is 12.3 Å². The summed E-state index contributed by atoms with van der Waals surface area (Å²) in [5, 5.41) is 7.35. The number of hydrogen-bond acceptors (Lipinski definition) is 5. The van der Waals surface area contributed by atoms with Crippen molar-refractivity contribution in [3.05, 3.63) is 47.0 Å². The maximum atomic E-state index is 13.0. The van der Waals surface area contributed by atoms with Crippen LogP contribution in [-0.4, -0.2) is 71.2 Å². The van der Waals surface area contributed by atoms with Gasteiger partial charge < -0.3 is 14.5 Å². The number of amides is 1. The molecular formula is C19H25N5O2. The van der Waals surface area contributed by atoms with E-state index in [0.717, 1.165) is 49.0 Å². The lowest BCUT2D eigenvalue weighted by Crippen LogP contribution is -2.61. The molecule has 1 atom stereocenters. The fraction of sp³-hybridized carbons (Fsp3) is 0.526. The molecule has 1 aromatic carbocycles. The van der Waals surface area contributed by atoms with Gasteiger partial charge >= 0.3 is 0 Å². The molecule has 1 N–H and O–H groups in total. The topological polar surface area (TPSA) is 74.3 Å². The molecule has 1 unspecified atom stereocenters. The number of rotatable bonds is 4. The van der Waals surface area contributed by atoms with Crippen molar-refractivity contribution in [2.75, 3.05) is 40.3 Å². The Kier molecular flexibility index (Phi) is 4.28. The maximum absolute atomic E-state index is 13.0. The molecule has 138 valence electrons. The second-order valence-corrected chi connectivity index (χ2v) is 7.64. The van der Waals surface area contributed by atoms with Gasteiger partial charge in [0.25, 0.3) is 5.91 Å². The van der Waals surface area contributed by atoms with Crippen molar-refractivity contribution in [2.24, 2.45) is 5.41 Å². The van der Waals surface area contributed by atoms with E-state index in [-0.39, 0.29) is 17.2 Å². The molecular weight excluding hydrogens is 330 g/mol. The quantitative estimate of drug-likeness (QED) is 0.898. The van der Waals surface area contributed by atoms with Gasteiger partial charge in [-0.2, -0.15) is 5.10 Å². The first-order chi connectivity index (χ1) is 12.5. The number of hydrogen-bond donors (Lipinski definition) is 1. The van der Waals surface area contributed by atoms with Crippen molar-refractivity contribution in [1.82, 2.24) is 25.0 Å². The second-order valence-electron chi connectivity index (χ2n) is 7.64. The minimum Gasteiger partial charge on any atom is -0.380 e. The number of carbonyl (C=O) groups excluding carboxylic acids is 1. The highest BCUT2D eigenvalue weighted by Gasteiger charge is 2.56. The zero-order valence-corrected chi connectivity index (χ0v) is 15.5. The molecule has 4 rings (SSSR count). The molecule has 2 aromatic rings. The largest absolute Gasteiger partial charge is 0.380 e. The summed E-state index contributed by atoms with van der Waals surface area (Å²) in [4.78, 5) is 21.8. The molecule has 0 saturated carbocycles. The van der Waals surface area contributed by atoms with Gasteiger partial charge in [-0.25, -0.2) is 4.98 Å². The van der Waals surface area contributed by atoms with Crippen LogP contribution < -0.4 is 0 Å². The van der Waals surface area contributed by atoms with Crippen LogP contribution in [0.15, 0.2) is 24.3 Å². The number of aromatic amines is 1. The van der Waals surface area contributed by atoms with Gasteiger partial charge in [0.1, 0.15) is 5.82 Å². The van der Waals surface area contributed by atoms with E-state index in [0.29, 0.717) is 6.61 Å². The number of benzene rings is 1. The van der Waals surface area contributed by atoms with Crippen LogP contribution >= 0.6 is 0 Å². The highest BCUT2D eigenvalue weighted by molar-refractivity contribution is 5.96. The third kappa shape index (κ3) is 2.81. The highest BCUT2D eigenvalue weighted by atomic mass is 16.5. The number of aryl methyl sites for hydroxylation is 1. The molecule has 0 aliphatic carbocycles. The molecule has 0 radical (unpaired) electrons. The first kappa shape index (κ1) is 17.2. The number of H-pyrrole nitrogens is 1. The number of aromatic nitrogens is 3. The average Bonchev–Trinajstić information content (AvgIpc) is 3.17. The average molecular weight is 355 g/mol. The van der Waals surface area contributed by atoms with Crippen LogP contribution in [0.5, 0.6) is 0 Å². The summed E-state index contributed by atoms with van der Waals surface area (Å²) >= 11 is 0. The Morgan fingerprint density at radius 3 is 2.81 bits per heavy atom. The smallest absolute Gasteiger partial charge is 0.254 e. The minimum absolute atomic E-state index is 0.0508. The SMILES string of the molecule is COCc1ccccc1C(=O)N1CC2(CN(C)CC2c2n[nH]c(C)n2)C1. The van der Waals surface area contributed by atoms with Crippen molar-refractivity contribution < 1.29 is 9.53 Å². The van der Waals surface area contributed by atoms with E-state index in [4.69, 9.17) is 4.74 Å². The summed E-state index contributed by atoms with van der Waals surface area (Å²) in [6, 6.07) is 7.69. The molecule has 26 heavy (non-hydrogen) atoms. The van der Waals surface area contributed by atoms with E-state index in [9.17, 15) is 4.79 Å². The van der Waals surface area contributed by atoms with E-state index < -0.39 is 0 Å². The Labute approximate surface area is 153 Å². The molecule has 2 saturated heterocycles. The first-order valence-electron chi connectivity index (χ1n) is 8.96. The zero-order chi connectivity index (χ0) is 18.3. The lowest BCUT2D eigenvalue weighted by Gasteiger charge is -2.50. The molecule has 2 aliphatic heterocycles. The van der Waals surface area contributed by atoms with Gasteiger partial charge in [0.05, 0.1) is 6.61 Å². The van der Waals surface area contributed by atoms with Crippen molar-refractivity contribution >= 4 is 5.91 Å². The highest BCUT2D eigenvalue weighted by Crippen LogP contribution is 2.48. The summed E-state index contributed by atoms with van der Waals surface area (Å²) < 4.78 is 5.24. The van der Waals surface area contributed by atoms with E-state index in [1.165, 1.54) is 0 Å². The third-order valence-corrected chi connectivity index (χ3v) is 5.59. The number of nitrogens with zero attached hydrogens (tertiary/aromatic N) is 4. The molecule has 2 fully saturated rings. The molecule has 3 heterocycles. The van der Waals surface area contributed by atoms with Crippen molar-refractivity contribution in [2.45, 2.75) is 19.4 Å². The van der Waals surface area contributed by atoms with E-state index in [2.05, 4.69) is 27.1 Å². The van der Waals surface area contributed by atoms with Crippen molar-refractivity contribution in [3.8, 4) is 0 Å². The predicted molar refractivity (Wildman–Crippen MR) is 96.8 cm³/mol. The summed E-state index contributed by atoms with van der Waals surface area (Å²) in [5.74, 6) is 2.06. The van der Waals surface area contributed by atoms with E-state index >= 15 is 0 Å². The Morgan fingerprint density at radius 2 is 2.12 bits per heavy atom. The van der Waals surface area contributed by atoms with Gasteiger partial charge in [-0.05, 0) is 25.6 Å². The fourth-order valence-corrected chi connectivity index (χ4v) is 4.45. The number of carbonyl (C=O) groups is 1. The molecule has 1 amide bonds. The van der Waals surface area contributed by atoms with E-state index in [1.807, 2.05) is 36.1 Å². The number of likely N-dealkylation sites (tertiary alicyclic amines) is 2. The number of methoxy groups -OCH3 is 1. The van der Waals surface area contributed by atoms with Crippen LogP contribution in [0.2, 0.25) is 0 Å². The molecule has 7 nitrogen and oxygen atoms in total. The summed E-state index contributed by atoms with van der Waals surface area (Å²) in [7, 11) is 3.78. The monoisotopic (exact) mass is 355 g/mol. The van der Waals surface area contributed by atoms with Gasteiger partial charge in [0.15, 0.2) is 5.82 Å². The molecule has 0 bridgehead atoms. The molecule has 7 heteroatoms. The normalized spacial score (nSPS) is 22.0. The van der Waals surface area contributed by atoms with Crippen LogP contribution in [0.3, 0.4) is 0 Å². The van der Waals surface area contributed by atoms with Gasteiger partial charge in [0.2, 0.25) is 0 Å². The second kappa shape index (κ2) is 6.48. The van der Waals surface area contributed by atoms with Crippen LogP contribution in [0.25, 0.3) is 0 Å². The first-order valence-corrected chi connectivity index (χ1v) is 8.96. The van der Waals surface area contributed by atoms with Gasteiger partial charge in [-0.15, -0.1) is 0 Å². The zero-order valence-electron chi connectivity index (χ0n) is 15.5. The predicted octanol–water partition coefficient (Wildman–Crippen LogP) is 1.43. The van der Waals surface area contributed by atoms with Gasteiger partial charge in [-0.1, -0.05) is 18.2 Å². The van der Waals surface area contributed by atoms with E-state index in [1.54, 1.807) is 7.11 Å². The lowest BCUT2D eigenvalue weighted by atomic mass is 9.71. The third-order valence-electron chi connectivity index (χ3n) is 5.59. The minimum atomic E-state index is 0.0508. The summed E-state index contributed by atoms with van der Waals surface area (Å²) in [6.45, 7) is 5.76. The standard InChI is InChI=1S/C19H25N5O2/c1-13-20-17(22-21-13)16-8-23(2)10-19(16)11-24(12-19)18(25)15-7-5-4-6-14(15)9-26-3/h4-7,16H,8-12H2,1-3H3,(H,20,21,22). The molecule has 1 aromatic heterocycles. The lowest BCUT2D eigenvalue weighted by molar-refractivity contribution is 0.00277. The Hall–Kier alpha value is -2.25. The summed E-state index contributed by atoms with van der Waals surface area (Å²) in [5.41, 5.74) is 1.72. The summed E-state index contributed by atoms with van der Waals surface area (Å²) in [6.07, 6.45) is 0. The fourth-order valence-electron chi connectivity index (χ4n) is 4.45. The van der Waals surface area contributed by atoms with Crippen molar-refractivity contribution in [1.29, 1.82) is 0 Å². The molecule has 2 aliphatic rings. The van der Waals surface area contributed by atoms with Gasteiger partial charge in [-0.3, -0.25) is 9.89 Å². The van der Waals surface area contributed by atoms with Crippen LogP contribution in [-0.2, 0) is 11.3 Å². The number of likely N-dealkylation sites (N-methyl/N-ethyl adjacent to an activating group) is 1. The Bertz CT molecular complexity index is 812. The number of nitrogens with one attached hydrogen (secondary N) is 1. The molecule has 1 spiro atoms. The van der Waals surface area contributed by atoms with Crippen LogP contribution in [0.1, 0.15) is 33.5 Å². The Morgan fingerprint density at radius 1 is 1.35 bits per heavy atom.